The normalized spacial score (nSPS) is 11.4. The van der Waals surface area contributed by atoms with Gasteiger partial charge in [0.05, 0.1) is 12.0 Å². The Morgan fingerprint density at radius 2 is 1.90 bits per heavy atom. The molecular formula is C15H16BrNO3S. The molecule has 0 atom stereocenters. The minimum atomic E-state index is -3.57. The first-order valence-electron chi connectivity index (χ1n) is 6.32. The molecule has 0 aromatic heterocycles. The summed E-state index contributed by atoms with van der Waals surface area (Å²) in [4.78, 5) is 0.270. The maximum Gasteiger partial charge on any atom is 0.241 e. The lowest BCUT2D eigenvalue weighted by atomic mass is 10.2. The zero-order chi connectivity index (χ0) is 15.5. The van der Waals surface area contributed by atoms with Gasteiger partial charge in [-0.2, -0.15) is 0 Å². The third-order valence-corrected chi connectivity index (χ3v) is 5.12. The second-order valence-electron chi connectivity index (χ2n) is 4.55. The van der Waals surface area contributed by atoms with E-state index in [9.17, 15) is 8.42 Å². The van der Waals surface area contributed by atoms with Crippen molar-refractivity contribution in [3.63, 3.8) is 0 Å². The molecule has 0 radical (unpaired) electrons. The average molecular weight is 370 g/mol. The van der Waals surface area contributed by atoms with Crippen molar-refractivity contribution in [2.75, 3.05) is 7.11 Å². The molecule has 21 heavy (non-hydrogen) atoms. The van der Waals surface area contributed by atoms with E-state index in [1.807, 2.05) is 24.3 Å². The van der Waals surface area contributed by atoms with Gasteiger partial charge in [-0.25, -0.2) is 13.1 Å². The molecule has 0 spiro atoms. The van der Waals surface area contributed by atoms with Crippen LogP contribution in [0.15, 0.2) is 51.8 Å². The lowest BCUT2D eigenvalue weighted by molar-refractivity contribution is 0.409. The highest BCUT2D eigenvalue weighted by Gasteiger charge is 2.17. The molecule has 6 heteroatoms. The Balaban J connectivity index is 2.24. The SMILES string of the molecule is COc1ccccc1CNS(=O)(=O)c1cc(Br)ccc1C. The summed E-state index contributed by atoms with van der Waals surface area (Å²) in [5, 5.41) is 0. The molecule has 0 aliphatic carbocycles. The van der Waals surface area contributed by atoms with E-state index < -0.39 is 10.0 Å². The summed E-state index contributed by atoms with van der Waals surface area (Å²) in [6.07, 6.45) is 0. The minimum Gasteiger partial charge on any atom is -0.496 e. The number of nitrogens with one attached hydrogen (secondary N) is 1. The monoisotopic (exact) mass is 369 g/mol. The fourth-order valence-electron chi connectivity index (χ4n) is 1.96. The summed E-state index contributed by atoms with van der Waals surface area (Å²) >= 11 is 3.30. The molecule has 0 saturated carbocycles. The van der Waals surface area contributed by atoms with Crippen molar-refractivity contribution in [2.24, 2.45) is 0 Å². The van der Waals surface area contributed by atoms with Crippen LogP contribution >= 0.6 is 15.9 Å². The quantitative estimate of drug-likeness (QED) is 0.879. The predicted octanol–water partition coefficient (Wildman–Crippen LogP) is 3.24. The Morgan fingerprint density at radius 1 is 1.19 bits per heavy atom. The summed E-state index contributed by atoms with van der Waals surface area (Å²) in [5.74, 6) is 0.658. The summed E-state index contributed by atoms with van der Waals surface area (Å²) < 4.78 is 33.4. The summed E-state index contributed by atoms with van der Waals surface area (Å²) in [6.45, 7) is 1.95. The van der Waals surface area contributed by atoms with Crippen molar-refractivity contribution in [2.45, 2.75) is 18.4 Å². The summed E-state index contributed by atoms with van der Waals surface area (Å²) in [5.41, 5.74) is 1.49. The third kappa shape index (κ3) is 3.84. The molecule has 0 fully saturated rings. The molecular weight excluding hydrogens is 354 g/mol. The number of hydrogen-bond donors (Lipinski definition) is 1. The van der Waals surface area contributed by atoms with Crippen LogP contribution in [0.4, 0.5) is 0 Å². The molecule has 0 amide bonds. The lowest BCUT2D eigenvalue weighted by Crippen LogP contribution is -2.24. The Hall–Kier alpha value is -1.37. The van der Waals surface area contributed by atoms with Gasteiger partial charge >= 0.3 is 0 Å². The van der Waals surface area contributed by atoms with Gasteiger partial charge in [0, 0.05) is 16.6 Å². The second-order valence-corrected chi connectivity index (χ2v) is 7.20. The molecule has 0 aliphatic rings. The number of benzene rings is 2. The standard InChI is InChI=1S/C15H16BrNO3S/c1-11-7-8-13(16)9-15(11)21(18,19)17-10-12-5-3-4-6-14(12)20-2/h3-9,17H,10H2,1-2H3. The fraction of sp³-hybridized carbons (Fsp3) is 0.200. The number of rotatable bonds is 5. The van der Waals surface area contributed by atoms with E-state index in [0.29, 0.717) is 11.3 Å². The predicted molar refractivity (Wildman–Crippen MR) is 85.9 cm³/mol. The van der Waals surface area contributed by atoms with Gasteiger partial charge in [-0.3, -0.25) is 0 Å². The van der Waals surface area contributed by atoms with E-state index in [4.69, 9.17) is 4.74 Å². The highest BCUT2D eigenvalue weighted by molar-refractivity contribution is 9.10. The Kier molecular flexibility index (Phi) is 5.03. The van der Waals surface area contributed by atoms with Crippen LogP contribution in [0.1, 0.15) is 11.1 Å². The maximum absolute atomic E-state index is 12.4. The van der Waals surface area contributed by atoms with Crippen LogP contribution in [0.3, 0.4) is 0 Å². The maximum atomic E-state index is 12.4. The van der Waals surface area contributed by atoms with E-state index in [1.165, 1.54) is 0 Å². The molecule has 2 aromatic carbocycles. The Labute approximate surface area is 133 Å². The largest absolute Gasteiger partial charge is 0.496 e. The van der Waals surface area contributed by atoms with Gasteiger partial charge in [-0.15, -0.1) is 0 Å². The van der Waals surface area contributed by atoms with Crippen LogP contribution in [0.25, 0.3) is 0 Å². The molecule has 2 rings (SSSR count). The molecule has 1 N–H and O–H groups in total. The number of halogens is 1. The molecule has 4 nitrogen and oxygen atoms in total. The van der Waals surface area contributed by atoms with Crippen LogP contribution < -0.4 is 9.46 Å². The number of hydrogen-bond acceptors (Lipinski definition) is 3. The van der Waals surface area contributed by atoms with Crippen molar-refractivity contribution >= 4 is 26.0 Å². The first-order chi connectivity index (χ1) is 9.94. The number of methoxy groups -OCH3 is 1. The molecule has 112 valence electrons. The van der Waals surface area contributed by atoms with Gasteiger partial charge in [-0.1, -0.05) is 40.2 Å². The van der Waals surface area contributed by atoms with Gasteiger partial charge in [0.2, 0.25) is 10.0 Å². The minimum absolute atomic E-state index is 0.179. The van der Waals surface area contributed by atoms with Crippen molar-refractivity contribution in [3.05, 3.63) is 58.1 Å². The van der Waals surface area contributed by atoms with Crippen LogP contribution in [0.5, 0.6) is 5.75 Å². The van der Waals surface area contributed by atoms with Gasteiger partial charge in [0.25, 0.3) is 0 Å². The Bertz CT molecular complexity index is 744. The summed E-state index contributed by atoms with van der Waals surface area (Å²) in [6, 6.07) is 12.5. The summed E-state index contributed by atoms with van der Waals surface area (Å²) in [7, 11) is -2.01. The van der Waals surface area contributed by atoms with Crippen molar-refractivity contribution in [1.29, 1.82) is 0 Å². The first kappa shape index (κ1) is 16.0. The fourth-order valence-corrected chi connectivity index (χ4v) is 3.75. The number of sulfonamides is 1. The van der Waals surface area contributed by atoms with Crippen LogP contribution in [0.2, 0.25) is 0 Å². The number of para-hydroxylation sites is 1. The number of aryl methyl sites for hydroxylation is 1. The van der Waals surface area contributed by atoms with Crippen LogP contribution in [-0.4, -0.2) is 15.5 Å². The van der Waals surface area contributed by atoms with Gasteiger partial charge in [-0.05, 0) is 30.7 Å². The molecule has 2 aromatic rings. The van der Waals surface area contributed by atoms with Crippen LogP contribution in [-0.2, 0) is 16.6 Å². The highest BCUT2D eigenvalue weighted by atomic mass is 79.9. The second kappa shape index (κ2) is 6.60. The van der Waals surface area contributed by atoms with Crippen LogP contribution in [0, 0.1) is 6.92 Å². The highest BCUT2D eigenvalue weighted by Crippen LogP contribution is 2.22. The zero-order valence-corrected chi connectivity index (χ0v) is 14.2. The third-order valence-electron chi connectivity index (χ3n) is 3.08. The molecule has 0 aliphatic heterocycles. The van der Waals surface area contributed by atoms with E-state index in [1.54, 1.807) is 32.2 Å². The van der Waals surface area contributed by atoms with Crippen molar-refractivity contribution in [1.82, 2.24) is 4.72 Å². The topological polar surface area (TPSA) is 55.4 Å². The zero-order valence-electron chi connectivity index (χ0n) is 11.8. The lowest BCUT2D eigenvalue weighted by Gasteiger charge is -2.12. The molecule has 0 saturated heterocycles. The average Bonchev–Trinajstić information content (AvgIpc) is 2.48. The molecule has 0 heterocycles. The smallest absolute Gasteiger partial charge is 0.241 e. The van der Waals surface area contributed by atoms with Gasteiger partial charge in [0.1, 0.15) is 5.75 Å². The first-order valence-corrected chi connectivity index (χ1v) is 8.59. The van der Waals surface area contributed by atoms with Gasteiger partial charge in [0.15, 0.2) is 0 Å². The van der Waals surface area contributed by atoms with Crippen molar-refractivity contribution in [3.8, 4) is 5.75 Å². The van der Waals surface area contributed by atoms with E-state index >= 15 is 0 Å². The van der Waals surface area contributed by atoms with Gasteiger partial charge < -0.3 is 4.74 Å². The van der Waals surface area contributed by atoms with E-state index in [0.717, 1.165) is 10.0 Å². The molecule has 0 bridgehead atoms. The number of ether oxygens (including phenoxy) is 1. The van der Waals surface area contributed by atoms with E-state index in [2.05, 4.69) is 20.7 Å². The molecule has 0 unspecified atom stereocenters. The van der Waals surface area contributed by atoms with Crippen molar-refractivity contribution < 1.29 is 13.2 Å². The Morgan fingerprint density at radius 3 is 2.62 bits per heavy atom. The van der Waals surface area contributed by atoms with E-state index in [-0.39, 0.29) is 11.4 Å².